The first-order valence-corrected chi connectivity index (χ1v) is 7.63. The van der Waals surface area contributed by atoms with Gasteiger partial charge >= 0.3 is 0 Å². The molecule has 0 aromatic carbocycles. The summed E-state index contributed by atoms with van der Waals surface area (Å²) in [7, 11) is 1.69. The molecule has 1 N–H and O–H groups in total. The third-order valence-corrected chi connectivity index (χ3v) is 3.35. The Balaban J connectivity index is 2.66. The second-order valence-electron chi connectivity index (χ2n) is 4.69. The van der Waals surface area contributed by atoms with Gasteiger partial charge in [0.1, 0.15) is 0 Å². The van der Waals surface area contributed by atoms with E-state index in [9.17, 15) is 0 Å². The van der Waals surface area contributed by atoms with Crippen molar-refractivity contribution in [2.75, 3.05) is 33.5 Å². The van der Waals surface area contributed by atoms with Gasteiger partial charge in [0.15, 0.2) is 0 Å². The van der Waals surface area contributed by atoms with Crippen LogP contribution in [0.2, 0.25) is 0 Å². The predicted octanol–water partition coefficient (Wildman–Crippen LogP) is 1.78. The largest absolute Gasteiger partial charge is 0.382 e. The first kappa shape index (κ1) is 17.1. The molecule has 20 heavy (non-hydrogen) atoms. The van der Waals surface area contributed by atoms with Crippen LogP contribution in [0.25, 0.3) is 0 Å². The molecule has 1 heterocycles. The summed E-state index contributed by atoms with van der Waals surface area (Å²) in [6, 6.07) is 0. The number of nitrogens with one attached hydrogen (secondary N) is 1. The normalized spacial score (nSPS) is 11.2. The molecule has 1 rings (SSSR count). The van der Waals surface area contributed by atoms with E-state index >= 15 is 0 Å². The lowest BCUT2D eigenvalue weighted by Gasteiger charge is -2.09. The van der Waals surface area contributed by atoms with Gasteiger partial charge in [-0.25, -0.2) is 0 Å². The highest BCUT2D eigenvalue weighted by molar-refractivity contribution is 5.26. The highest BCUT2D eigenvalue weighted by Gasteiger charge is 2.14. The van der Waals surface area contributed by atoms with Gasteiger partial charge in [0.05, 0.1) is 32.1 Å². The third kappa shape index (κ3) is 4.89. The van der Waals surface area contributed by atoms with E-state index < -0.39 is 0 Å². The molecule has 5 nitrogen and oxygen atoms in total. The average molecular weight is 283 g/mol. The van der Waals surface area contributed by atoms with Crippen LogP contribution in [-0.4, -0.2) is 43.3 Å². The molecule has 0 bridgehead atoms. The van der Waals surface area contributed by atoms with Crippen molar-refractivity contribution in [3.8, 4) is 0 Å². The lowest BCUT2D eigenvalue weighted by atomic mass is 10.1. The zero-order valence-corrected chi connectivity index (χ0v) is 13.4. The molecule has 0 aliphatic rings. The van der Waals surface area contributed by atoms with Crippen LogP contribution in [0.15, 0.2) is 0 Å². The van der Waals surface area contributed by atoms with E-state index in [1.54, 1.807) is 7.11 Å². The monoisotopic (exact) mass is 283 g/mol. The molecular formula is C15H29N3O2. The van der Waals surface area contributed by atoms with Crippen LogP contribution in [0.1, 0.15) is 37.7 Å². The maximum Gasteiger partial charge on any atom is 0.0701 e. The second kappa shape index (κ2) is 9.91. The topological polar surface area (TPSA) is 48.3 Å². The van der Waals surface area contributed by atoms with Gasteiger partial charge in [0.25, 0.3) is 0 Å². The standard InChI is InChI=1S/C15H29N3O2/c1-5-14-13(12-16-7-3)15(6-2)18(17-14)8-9-20-11-10-19-4/h16H,5-12H2,1-4H3. The number of aryl methyl sites for hydroxylation is 1. The number of methoxy groups -OCH3 is 1. The molecule has 1 aromatic rings. The summed E-state index contributed by atoms with van der Waals surface area (Å²) >= 11 is 0. The molecule has 116 valence electrons. The van der Waals surface area contributed by atoms with Gasteiger partial charge in [0.2, 0.25) is 0 Å². The van der Waals surface area contributed by atoms with Crippen molar-refractivity contribution in [2.24, 2.45) is 0 Å². The second-order valence-corrected chi connectivity index (χ2v) is 4.69. The van der Waals surface area contributed by atoms with E-state index in [4.69, 9.17) is 14.6 Å². The van der Waals surface area contributed by atoms with Crippen molar-refractivity contribution in [3.63, 3.8) is 0 Å². The van der Waals surface area contributed by atoms with E-state index in [0.717, 1.165) is 32.5 Å². The minimum absolute atomic E-state index is 0.643. The predicted molar refractivity (Wildman–Crippen MR) is 81.1 cm³/mol. The quantitative estimate of drug-likeness (QED) is 0.629. The molecule has 0 fully saturated rings. The van der Waals surface area contributed by atoms with Crippen LogP contribution in [0, 0.1) is 0 Å². The summed E-state index contributed by atoms with van der Waals surface area (Å²) in [5.41, 5.74) is 3.91. The molecule has 0 amide bonds. The molecular weight excluding hydrogens is 254 g/mol. The molecule has 0 unspecified atom stereocenters. The number of rotatable bonds is 11. The summed E-state index contributed by atoms with van der Waals surface area (Å²) in [5, 5.41) is 8.15. The molecule has 0 radical (unpaired) electrons. The van der Waals surface area contributed by atoms with Gasteiger partial charge in [-0.05, 0) is 19.4 Å². The molecule has 0 atom stereocenters. The van der Waals surface area contributed by atoms with Crippen molar-refractivity contribution in [1.82, 2.24) is 15.1 Å². The number of hydrogen-bond donors (Lipinski definition) is 1. The Hall–Kier alpha value is -0.910. The maximum absolute atomic E-state index is 5.54. The van der Waals surface area contributed by atoms with E-state index in [-0.39, 0.29) is 0 Å². The smallest absolute Gasteiger partial charge is 0.0701 e. The number of hydrogen-bond acceptors (Lipinski definition) is 4. The molecule has 1 aromatic heterocycles. The van der Waals surface area contributed by atoms with Gasteiger partial charge in [-0.3, -0.25) is 4.68 Å². The van der Waals surface area contributed by atoms with Gasteiger partial charge in [0, 0.05) is 24.9 Å². The fraction of sp³-hybridized carbons (Fsp3) is 0.800. The Morgan fingerprint density at radius 3 is 2.50 bits per heavy atom. The van der Waals surface area contributed by atoms with Crippen LogP contribution in [0.5, 0.6) is 0 Å². The van der Waals surface area contributed by atoms with Crippen LogP contribution < -0.4 is 5.32 Å². The minimum Gasteiger partial charge on any atom is -0.382 e. The molecule has 0 spiro atoms. The molecule has 0 aliphatic heterocycles. The summed E-state index contributed by atoms with van der Waals surface area (Å²) in [6.45, 7) is 11.2. The van der Waals surface area contributed by atoms with E-state index in [1.165, 1.54) is 17.0 Å². The van der Waals surface area contributed by atoms with Crippen LogP contribution >= 0.6 is 0 Å². The Labute approximate surface area is 122 Å². The van der Waals surface area contributed by atoms with E-state index in [2.05, 4.69) is 30.8 Å². The number of ether oxygens (including phenoxy) is 2. The van der Waals surface area contributed by atoms with Crippen LogP contribution in [0.4, 0.5) is 0 Å². The summed E-state index contributed by atoms with van der Waals surface area (Å²) < 4.78 is 12.6. The highest BCUT2D eigenvalue weighted by Crippen LogP contribution is 2.16. The zero-order valence-electron chi connectivity index (χ0n) is 13.4. The Morgan fingerprint density at radius 2 is 1.90 bits per heavy atom. The van der Waals surface area contributed by atoms with Crippen molar-refractivity contribution in [3.05, 3.63) is 17.0 Å². The third-order valence-electron chi connectivity index (χ3n) is 3.35. The number of aromatic nitrogens is 2. The van der Waals surface area contributed by atoms with E-state index in [1.807, 2.05) is 0 Å². The molecule has 0 saturated heterocycles. The van der Waals surface area contributed by atoms with Gasteiger partial charge in [-0.2, -0.15) is 5.10 Å². The lowest BCUT2D eigenvalue weighted by Crippen LogP contribution is -2.15. The summed E-state index contributed by atoms with van der Waals surface area (Å²) in [5.74, 6) is 0. The van der Waals surface area contributed by atoms with Crippen molar-refractivity contribution in [1.29, 1.82) is 0 Å². The SMILES string of the molecule is CCNCc1c(CC)nn(CCOCCOC)c1CC. The summed E-state index contributed by atoms with van der Waals surface area (Å²) in [4.78, 5) is 0. The minimum atomic E-state index is 0.643. The zero-order chi connectivity index (χ0) is 14.8. The Morgan fingerprint density at radius 1 is 1.10 bits per heavy atom. The molecule has 0 saturated carbocycles. The van der Waals surface area contributed by atoms with Crippen LogP contribution in [-0.2, 0) is 35.4 Å². The Kier molecular flexibility index (Phi) is 8.49. The van der Waals surface area contributed by atoms with E-state index in [0.29, 0.717) is 19.8 Å². The maximum atomic E-state index is 5.54. The summed E-state index contributed by atoms with van der Waals surface area (Å²) in [6.07, 6.45) is 1.98. The lowest BCUT2D eigenvalue weighted by molar-refractivity contribution is 0.0651. The first-order chi connectivity index (χ1) is 9.78. The van der Waals surface area contributed by atoms with Crippen molar-refractivity contribution >= 4 is 0 Å². The average Bonchev–Trinajstić information content (AvgIpc) is 2.81. The molecule has 5 heteroatoms. The molecule has 0 aliphatic carbocycles. The highest BCUT2D eigenvalue weighted by atomic mass is 16.5. The fourth-order valence-electron chi connectivity index (χ4n) is 2.30. The first-order valence-electron chi connectivity index (χ1n) is 7.63. The van der Waals surface area contributed by atoms with Gasteiger partial charge in [-0.1, -0.05) is 20.8 Å². The Bertz CT molecular complexity index is 377. The van der Waals surface area contributed by atoms with Crippen molar-refractivity contribution in [2.45, 2.75) is 46.7 Å². The van der Waals surface area contributed by atoms with Crippen molar-refractivity contribution < 1.29 is 9.47 Å². The number of nitrogens with zero attached hydrogens (tertiary/aromatic N) is 2. The fourth-order valence-corrected chi connectivity index (χ4v) is 2.30. The van der Waals surface area contributed by atoms with Gasteiger partial charge in [-0.15, -0.1) is 0 Å². The van der Waals surface area contributed by atoms with Crippen LogP contribution in [0.3, 0.4) is 0 Å². The van der Waals surface area contributed by atoms with Gasteiger partial charge < -0.3 is 14.8 Å².